The summed E-state index contributed by atoms with van der Waals surface area (Å²) in [4.78, 5) is 10.4. The van der Waals surface area contributed by atoms with Gasteiger partial charge in [-0.25, -0.2) is 4.98 Å². The lowest BCUT2D eigenvalue weighted by molar-refractivity contribution is 0.502. The van der Waals surface area contributed by atoms with Crippen LogP contribution in [0.5, 0.6) is 0 Å². The molecule has 1 atom stereocenters. The van der Waals surface area contributed by atoms with Crippen molar-refractivity contribution in [1.82, 2.24) is 9.97 Å². The van der Waals surface area contributed by atoms with Gasteiger partial charge in [-0.05, 0) is 19.8 Å². The Balaban J connectivity index is 2.95. The largest absolute Gasteiger partial charge is 0.368 e. The highest BCUT2D eigenvalue weighted by atomic mass is 15.2. The zero-order valence-corrected chi connectivity index (χ0v) is 10.2. The summed E-state index contributed by atoms with van der Waals surface area (Å²) < 4.78 is 0. The van der Waals surface area contributed by atoms with Crippen LogP contribution in [0.2, 0.25) is 0 Å². The van der Waals surface area contributed by atoms with Crippen molar-refractivity contribution >= 4 is 11.8 Å². The molecule has 0 fully saturated rings. The molecule has 84 valence electrons. The maximum absolute atomic E-state index is 5.62. The van der Waals surface area contributed by atoms with Crippen molar-refractivity contribution in [2.24, 2.45) is 5.92 Å². The molecule has 0 aromatic carbocycles. The quantitative estimate of drug-likeness (QED) is 0.823. The first-order chi connectivity index (χ1) is 6.91. The van der Waals surface area contributed by atoms with E-state index in [0.717, 1.165) is 11.5 Å². The fourth-order valence-corrected chi connectivity index (χ4v) is 1.41. The van der Waals surface area contributed by atoms with Crippen LogP contribution < -0.4 is 10.6 Å². The minimum absolute atomic E-state index is 0.341. The zero-order chi connectivity index (χ0) is 11.6. The summed E-state index contributed by atoms with van der Waals surface area (Å²) in [5, 5.41) is 0. The van der Waals surface area contributed by atoms with E-state index >= 15 is 0 Å². The Bertz CT molecular complexity index is 315. The van der Waals surface area contributed by atoms with Crippen molar-refractivity contribution in [3.63, 3.8) is 0 Å². The third-order valence-corrected chi connectivity index (χ3v) is 2.80. The SMILES string of the molecule is Cc1cc(N(C)C(C)C(C)C)nc(N)n1. The van der Waals surface area contributed by atoms with Gasteiger partial charge in [-0.1, -0.05) is 13.8 Å². The van der Waals surface area contributed by atoms with Crippen LogP contribution in [-0.2, 0) is 0 Å². The van der Waals surface area contributed by atoms with E-state index in [-0.39, 0.29) is 0 Å². The highest BCUT2D eigenvalue weighted by molar-refractivity contribution is 5.43. The maximum Gasteiger partial charge on any atom is 0.222 e. The average Bonchev–Trinajstić information content (AvgIpc) is 2.13. The number of anilines is 2. The van der Waals surface area contributed by atoms with Crippen molar-refractivity contribution in [2.75, 3.05) is 17.7 Å². The molecule has 0 aliphatic rings. The second kappa shape index (κ2) is 4.47. The predicted octanol–water partition coefficient (Wildman–Crippen LogP) is 1.85. The molecule has 0 aliphatic heterocycles. The molecule has 1 aromatic heterocycles. The predicted molar refractivity (Wildman–Crippen MR) is 63.9 cm³/mol. The number of nitrogens with two attached hydrogens (primary N) is 1. The summed E-state index contributed by atoms with van der Waals surface area (Å²) in [7, 11) is 2.03. The van der Waals surface area contributed by atoms with Gasteiger partial charge in [0.2, 0.25) is 5.95 Å². The Labute approximate surface area is 91.5 Å². The van der Waals surface area contributed by atoms with E-state index in [2.05, 4.69) is 35.6 Å². The Morgan fingerprint density at radius 2 is 1.87 bits per heavy atom. The first-order valence-electron chi connectivity index (χ1n) is 5.25. The first-order valence-corrected chi connectivity index (χ1v) is 5.25. The second-order valence-corrected chi connectivity index (χ2v) is 4.32. The Hall–Kier alpha value is -1.32. The molecule has 1 aromatic rings. The van der Waals surface area contributed by atoms with Crippen molar-refractivity contribution in [3.05, 3.63) is 11.8 Å². The van der Waals surface area contributed by atoms with Crippen molar-refractivity contribution in [3.8, 4) is 0 Å². The van der Waals surface area contributed by atoms with Crippen LogP contribution in [0.3, 0.4) is 0 Å². The van der Waals surface area contributed by atoms with Crippen LogP contribution in [0, 0.1) is 12.8 Å². The van der Waals surface area contributed by atoms with Crippen LogP contribution in [0.1, 0.15) is 26.5 Å². The third-order valence-electron chi connectivity index (χ3n) is 2.80. The van der Waals surface area contributed by atoms with E-state index in [1.165, 1.54) is 0 Å². The summed E-state index contributed by atoms with van der Waals surface area (Å²) in [5.74, 6) is 1.81. The number of aryl methyl sites for hydroxylation is 1. The molecular weight excluding hydrogens is 188 g/mol. The molecule has 2 N–H and O–H groups in total. The molecule has 0 radical (unpaired) electrons. The lowest BCUT2D eigenvalue weighted by Crippen LogP contribution is -2.34. The van der Waals surface area contributed by atoms with Crippen molar-refractivity contribution in [2.45, 2.75) is 33.7 Å². The highest BCUT2D eigenvalue weighted by Gasteiger charge is 2.15. The Morgan fingerprint density at radius 3 is 2.33 bits per heavy atom. The van der Waals surface area contributed by atoms with Gasteiger partial charge in [-0.2, -0.15) is 4.98 Å². The van der Waals surface area contributed by atoms with E-state index in [1.807, 2.05) is 20.0 Å². The van der Waals surface area contributed by atoms with Crippen molar-refractivity contribution in [1.29, 1.82) is 0 Å². The van der Waals surface area contributed by atoms with Gasteiger partial charge in [0.05, 0.1) is 0 Å². The minimum atomic E-state index is 0.341. The number of nitrogens with zero attached hydrogens (tertiary/aromatic N) is 3. The van der Waals surface area contributed by atoms with Crippen LogP contribution in [-0.4, -0.2) is 23.1 Å². The molecule has 1 heterocycles. The number of hydrogen-bond acceptors (Lipinski definition) is 4. The smallest absolute Gasteiger partial charge is 0.222 e. The molecule has 0 saturated heterocycles. The lowest BCUT2D eigenvalue weighted by Gasteiger charge is -2.29. The van der Waals surface area contributed by atoms with Gasteiger partial charge >= 0.3 is 0 Å². The van der Waals surface area contributed by atoms with Gasteiger partial charge in [0.25, 0.3) is 0 Å². The van der Waals surface area contributed by atoms with E-state index in [9.17, 15) is 0 Å². The van der Waals surface area contributed by atoms with E-state index in [0.29, 0.717) is 17.9 Å². The monoisotopic (exact) mass is 208 g/mol. The van der Waals surface area contributed by atoms with Gasteiger partial charge < -0.3 is 10.6 Å². The summed E-state index contributed by atoms with van der Waals surface area (Å²) in [5.41, 5.74) is 6.53. The fraction of sp³-hybridized carbons (Fsp3) is 0.636. The van der Waals surface area contributed by atoms with Crippen LogP contribution in [0.25, 0.3) is 0 Å². The van der Waals surface area contributed by atoms with Crippen LogP contribution >= 0.6 is 0 Å². The standard InChI is InChI=1S/C11H20N4/c1-7(2)9(4)15(5)10-6-8(3)13-11(12)14-10/h6-7,9H,1-5H3,(H2,12,13,14). The molecule has 1 rings (SSSR count). The van der Waals surface area contributed by atoms with Gasteiger partial charge in [0, 0.05) is 24.8 Å². The molecule has 4 heteroatoms. The Kier molecular flexibility index (Phi) is 3.50. The zero-order valence-electron chi connectivity index (χ0n) is 10.2. The number of rotatable bonds is 3. The molecule has 1 unspecified atom stereocenters. The number of nitrogen functional groups attached to an aromatic ring is 1. The summed E-state index contributed by atoms with van der Waals surface area (Å²) in [6.07, 6.45) is 0. The minimum Gasteiger partial charge on any atom is -0.368 e. The van der Waals surface area contributed by atoms with Gasteiger partial charge in [-0.3, -0.25) is 0 Å². The number of aromatic nitrogens is 2. The average molecular weight is 208 g/mol. The van der Waals surface area contributed by atoms with E-state index in [4.69, 9.17) is 5.73 Å². The molecule has 0 spiro atoms. The van der Waals surface area contributed by atoms with Crippen LogP contribution in [0.15, 0.2) is 6.07 Å². The lowest BCUT2D eigenvalue weighted by atomic mass is 10.1. The molecule has 15 heavy (non-hydrogen) atoms. The molecule has 0 bridgehead atoms. The molecular formula is C11H20N4. The summed E-state index contributed by atoms with van der Waals surface area (Å²) >= 11 is 0. The highest BCUT2D eigenvalue weighted by Crippen LogP contribution is 2.18. The van der Waals surface area contributed by atoms with Gasteiger partial charge in [-0.15, -0.1) is 0 Å². The fourth-order valence-electron chi connectivity index (χ4n) is 1.41. The topological polar surface area (TPSA) is 55.0 Å². The second-order valence-electron chi connectivity index (χ2n) is 4.32. The van der Waals surface area contributed by atoms with E-state index in [1.54, 1.807) is 0 Å². The van der Waals surface area contributed by atoms with Gasteiger partial charge in [0.1, 0.15) is 5.82 Å². The molecule has 0 saturated carbocycles. The van der Waals surface area contributed by atoms with Gasteiger partial charge in [0.15, 0.2) is 0 Å². The third kappa shape index (κ3) is 2.81. The Morgan fingerprint density at radius 1 is 1.27 bits per heavy atom. The molecule has 0 amide bonds. The van der Waals surface area contributed by atoms with E-state index < -0.39 is 0 Å². The maximum atomic E-state index is 5.62. The summed E-state index contributed by atoms with van der Waals surface area (Å²) in [6, 6.07) is 2.38. The first kappa shape index (κ1) is 11.8. The van der Waals surface area contributed by atoms with Crippen LogP contribution in [0.4, 0.5) is 11.8 Å². The normalized spacial score (nSPS) is 12.9. The number of hydrogen-bond donors (Lipinski definition) is 1. The summed E-state index contributed by atoms with van der Waals surface area (Å²) in [6.45, 7) is 8.49. The molecule has 0 aliphatic carbocycles. The molecule has 4 nitrogen and oxygen atoms in total. The van der Waals surface area contributed by atoms with Crippen molar-refractivity contribution < 1.29 is 0 Å².